The summed E-state index contributed by atoms with van der Waals surface area (Å²) in [5, 5.41) is 10.7. The van der Waals surface area contributed by atoms with Crippen molar-refractivity contribution in [1.82, 2.24) is 0 Å². The summed E-state index contributed by atoms with van der Waals surface area (Å²) in [5.41, 5.74) is 0.201. The van der Waals surface area contributed by atoms with Crippen molar-refractivity contribution >= 4 is 0 Å². The van der Waals surface area contributed by atoms with Gasteiger partial charge in [-0.2, -0.15) is 0 Å². The molecule has 0 saturated heterocycles. The van der Waals surface area contributed by atoms with Crippen molar-refractivity contribution in [3.05, 3.63) is 29.8 Å². The zero-order valence-electron chi connectivity index (χ0n) is 10.7. The third-order valence-electron chi connectivity index (χ3n) is 3.54. The maximum absolute atomic E-state index is 10.7. The van der Waals surface area contributed by atoms with Crippen molar-refractivity contribution in [3.8, 4) is 5.75 Å². The number of benzene rings is 1. The Hall–Kier alpha value is -1.02. The highest BCUT2D eigenvalue weighted by atomic mass is 16.5. The van der Waals surface area contributed by atoms with E-state index in [1.807, 2.05) is 31.2 Å². The Labute approximate surface area is 98.3 Å². The fourth-order valence-electron chi connectivity index (χ4n) is 2.07. The number of hydrogen-bond donors (Lipinski definition) is 1. The first kappa shape index (κ1) is 13.0. The Morgan fingerprint density at radius 3 is 2.56 bits per heavy atom. The van der Waals surface area contributed by atoms with Crippen molar-refractivity contribution in [2.24, 2.45) is 5.92 Å². The summed E-state index contributed by atoms with van der Waals surface area (Å²) in [7, 11) is 1.65. The first-order valence-electron chi connectivity index (χ1n) is 5.95. The Bertz CT molecular complexity index is 335. The average molecular weight is 222 g/mol. The molecule has 16 heavy (non-hydrogen) atoms. The molecule has 0 saturated carbocycles. The van der Waals surface area contributed by atoms with E-state index in [1.165, 1.54) is 0 Å². The SMILES string of the molecule is CCC(C)C(O)(CC)c1cccc(OC)c1. The first-order chi connectivity index (χ1) is 7.58. The second-order valence-corrected chi connectivity index (χ2v) is 4.32. The fraction of sp³-hybridized carbons (Fsp3) is 0.571. The average Bonchev–Trinajstić information content (AvgIpc) is 2.36. The molecule has 2 unspecified atom stereocenters. The normalized spacial score (nSPS) is 16.6. The minimum atomic E-state index is -0.747. The molecule has 90 valence electrons. The molecule has 1 aromatic carbocycles. The molecule has 0 amide bonds. The van der Waals surface area contributed by atoms with E-state index in [9.17, 15) is 5.11 Å². The van der Waals surface area contributed by atoms with Crippen LogP contribution in [0.1, 0.15) is 39.2 Å². The summed E-state index contributed by atoms with van der Waals surface area (Å²) < 4.78 is 5.20. The van der Waals surface area contributed by atoms with Gasteiger partial charge in [0, 0.05) is 0 Å². The van der Waals surface area contributed by atoms with E-state index in [2.05, 4.69) is 13.8 Å². The molecule has 2 nitrogen and oxygen atoms in total. The predicted molar refractivity (Wildman–Crippen MR) is 66.6 cm³/mol. The standard InChI is InChI=1S/C14H22O2/c1-5-11(3)14(15,6-2)12-8-7-9-13(10-12)16-4/h7-11,15H,5-6H2,1-4H3. The predicted octanol–water partition coefficient (Wildman–Crippen LogP) is 3.34. The molecule has 1 rings (SSSR count). The van der Waals surface area contributed by atoms with Gasteiger partial charge in [0.1, 0.15) is 5.75 Å². The molecule has 0 aliphatic heterocycles. The van der Waals surface area contributed by atoms with E-state index < -0.39 is 5.60 Å². The van der Waals surface area contributed by atoms with E-state index in [0.717, 1.165) is 24.2 Å². The van der Waals surface area contributed by atoms with Gasteiger partial charge in [-0.3, -0.25) is 0 Å². The molecule has 1 aromatic rings. The van der Waals surface area contributed by atoms with Crippen LogP contribution in [0.5, 0.6) is 5.75 Å². The lowest BCUT2D eigenvalue weighted by Crippen LogP contribution is -2.32. The smallest absolute Gasteiger partial charge is 0.119 e. The molecule has 0 radical (unpaired) electrons. The van der Waals surface area contributed by atoms with E-state index in [-0.39, 0.29) is 5.92 Å². The lowest BCUT2D eigenvalue weighted by atomic mass is 9.79. The van der Waals surface area contributed by atoms with Gasteiger partial charge in [0.05, 0.1) is 12.7 Å². The van der Waals surface area contributed by atoms with E-state index in [0.29, 0.717) is 0 Å². The second kappa shape index (κ2) is 5.35. The monoisotopic (exact) mass is 222 g/mol. The van der Waals surface area contributed by atoms with Gasteiger partial charge in [0.25, 0.3) is 0 Å². The Kier molecular flexibility index (Phi) is 4.36. The maximum atomic E-state index is 10.7. The summed E-state index contributed by atoms with van der Waals surface area (Å²) in [6.07, 6.45) is 1.68. The molecule has 0 aliphatic rings. The summed E-state index contributed by atoms with van der Waals surface area (Å²) in [6.45, 7) is 6.21. The zero-order chi connectivity index (χ0) is 12.2. The highest BCUT2D eigenvalue weighted by Crippen LogP contribution is 2.36. The van der Waals surface area contributed by atoms with Crippen molar-refractivity contribution in [1.29, 1.82) is 0 Å². The lowest BCUT2D eigenvalue weighted by molar-refractivity contribution is -0.0226. The van der Waals surface area contributed by atoms with Crippen LogP contribution >= 0.6 is 0 Å². The van der Waals surface area contributed by atoms with Crippen LogP contribution in [0.2, 0.25) is 0 Å². The van der Waals surface area contributed by atoms with Crippen LogP contribution in [0.4, 0.5) is 0 Å². The van der Waals surface area contributed by atoms with Crippen LogP contribution in [-0.2, 0) is 5.60 Å². The first-order valence-corrected chi connectivity index (χ1v) is 5.95. The van der Waals surface area contributed by atoms with Crippen LogP contribution in [0.3, 0.4) is 0 Å². The summed E-state index contributed by atoms with van der Waals surface area (Å²) in [4.78, 5) is 0. The van der Waals surface area contributed by atoms with Crippen LogP contribution in [0.15, 0.2) is 24.3 Å². The quantitative estimate of drug-likeness (QED) is 0.828. The molecule has 0 aliphatic carbocycles. The molecule has 0 bridgehead atoms. The molecule has 2 atom stereocenters. The fourth-order valence-corrected chi connectivity index (χ4v) is 2.07. The molecule has 0 spiro atoms. The highest BCUT2D eigenvalue weighted by Gasteiger charge is 2.32. The van der Waals surface area contributed by atoms with Crippen LogP contribution in [-0.4, -0.2) is 12.2 Å². The van der Waals surface area contributed by atoms with E-state index in [1.54, 1.807) is 7.11 Å². The van der Waals surface area contributed by atoms with Gasteiger partial charge in [-0.25, -0.2) is 0 Å². The van der Waals surface area contributed by atoms with Gasteiger partial charge in [-0.1, -0.05) is 39.3 Å². The summed E-state index contributed by atoms with van der Waals surface area (Å²) in [5.74, 6) is 1.04. The molecule has 0 heterocycles. The Morgan fingerprint density at radius 2 is 2.06 bits per heavy atom. The zero-order valence-corrected chi connectivity index (χ0v) is 10.7. The molecule has 0 fully saturated rings. The molecular formula is C14H22O2. The van der Waals surface area contributed by atoms with Crippen molar-refractivity contribution in [2.75, 3.05) is 7.11 Å². The highest BCUT2D eigenvalue weighted by molar-refractivity contribution is 5.32. The number of ether oxygens (including phenoxy) is 1. The van der Waals surface area contributed by atoms with Crippen molar-refractivity contribution < 1.29 is 9.84 Å². The Balaban J connectivity index is 3.11. The topological polar surface area (TPSA) is 29.5 Å². The largest absolute Gasteiger partial charge is 0.497 e. The third kappa shape index (κ3) is 2.38. The van der Waals surface area contributed by atoms with Gasteiger partial charge in [0.15, 0.2) is 0 Å². The molecule has 0 aromatic heterocycles. The van der Waals surface area contributed by atoms with Gasteiger partial charge >= 0.3 is 0 Å². The number of hydrogen-bond acceptors (Lipinski definition) is 2. The number of rotatable bonds is 5. The minimum Gasteiger partial charge on any atom is -0.497 e. The van der Waals surface area contributed by atoms with Crippen LogP contribution in [0, 0.1) is 5.92 Å². The summed E-state index contributed by atoms with van der Waals surface area (Å²) in [6, 6.07) is 7.72. The van der Waals surface area contributed by atoms with Gasteiger partial charge in [0.2, 0.25) is 0 Å². The van der Waals surface area contributed by atoms with Crippen LogP contribution < -0.4 is 4.74 Å². The van der Waals surface area contributed by atoms with Gasteiger partial charge < -0.3 is 9.84 Å². The van der Waals surface area contributed by atoms with Gasteiger partial charge in [-0.15, -0.1) is 0 Å². The maximum Gasteiger partial charge on any atom is 0.119 e. The number of methoxy groups -OCH3 is 1. The lowest BCUT2D eigenvalue weighted by Gasteiger charge is -2.33. The number of aliphatic hydroxyl groups is 1. The summed E-state index contributed by atoms with van der Waals surface area (Å²) >= 11 is 0. The third-order valence-corrected chi connectivity index (χ3v) is 3.54. The van der Waals surface area contributed by atoms with Crippen molar-refractivity contribution in [2.45, 2.75) is 39.2 Å². The van der Waals surface area contributed by atoms with Crippen molar-refractivity contribution in [3.63, 3.8) is 0 Å². The van der Waals surface area contributed by atoms with Gasteiger partial charge in [-0.05, 0) is 30.0 Å². The van der Waals surface area contributed by atoms with E-state index in [4.69, 9.17) is 4.74 Å². The Morgan fingerprint density at radius 1 is 1.38 bits per heavy atom. The van der Waals surface area contributed by atoms with E-state index >= 15 is 0 Å². The molecule has 1 N–H and O–H groups in total. The molecular weight excluding hydrogens is 200 g/mol. The molecule has 2 heteroatoms. The second-order valence-electron chi connectivity index (χ2n) is 4.32. The minimum absolute atomic E-state index is 0.240. The van der Waals surface area contributed by atoms with Crippen LogP contribution in [0.25, 0.3) is 0 Å².